The summed E-state index contributed by atoms with van der Waals surface area (Å²) in [5, 5.41) is 4.34. The third-order valence-electron chi connectivity index (χ3n) is 2.30. The van der Waals surface area contributed by atoms with Crippen molar-refractivity contribution in [3.63, 3.8) is 0 Å². The summed E-state index contributed by atoms with van der Waals surface area (Å²) in [6.45, 7) is 10.6. The number of rotatable bonds is 9. The van der Waals surface area contributed by atoms with Crippen molar-refractivity contribution < 1.29 is 4.74 Å². The Bertz CT molecular complexity index is 345. The molecule has 0 atom stereocenters. The fraction of sp³-hybridized carbons (Fsp3) is 0.714. The molecule has 0 unspecified atom stereocenters. The molecule has 0 aliphatic heterocycles. The Balaban J connectivity index is 2.75. The summed E-state index contributed by atoms with van der Waals surface area (Å²) in [5.41, 5.74) is 0. The van der Waals surface area contributed by atoms with Crippen molar-refractivity contribution >= 4 is 17.6 Å². The highest BCUT2D eigenvalue weighted by molar-refractivity contribution is 7.99. The number of ether oxygens (including phenoxy) is 1. The van der Waals surface area contributed by atoms with Gasteiger partial charge in [0.25, 0.3) is 0 Å². The van der Waals surface area contributed by atoms with Crippen molar-refractivity contribution in [1.29, 1.82) is 0 Å². The second-order valence-electron chi connectivity index (χ2n) is 4.78. The molecular formula is C14H25N3OS. The maximum Gasteiger partial charge on any atom is 0.157 e. The lowest BCUT2D eigenvalue weighted by atomic mass is 10.3. The molecule has 0 aliphatic carbocycles. The van der Waals surface area contributed by atoms with E-state index < -0.39 is 0 Å². The van der Waals surface area contributed by atoms with Gasteiger partial charge in [0.1, 0.15) is 17.5 Å². The summed E-state index contributed by atoms with van der Waals surface area (Å²) >= 11 is 1.78. The van der Waals surface area contributed by atoms with E-state index in [0.29, 0.717) is 19.1 Å². The molecule has 0 aromatic carbocycles. The van der Waals surface area contributed by atoms with Gasteiger partial charge in [-0.2, -0.15) is 0 Å². The van der Waals surface area contributed by atoms with Crippen LogP contribution in [0.1, 0.15) is 39.9 Å². The molecule has 108 valence electrons. The standard InChI is InChI=1S/C14H25N3OS/c1-5-7-15-12-8-14(19-10-11(3)4)17-13(16-12)9-18-6-2/h8,11H,5-7,9-10H2,1-4H3,(H,15,16,17). The van der Waals surface area contributed by atoms with E-state index in [1.807, 2.05) is 13.0 Å². The average Bonchev–Trinajstić information content (AvgIpc) is 2.40. The normalized spacial score (nSPS) is 11.0. The number of hydrogen-bond donors (Lipinski definition) is 1. The molecule has 1 N–H and O–H groups in total. The first-order valence-corrected chi connectivity index (χ1v) is 7.96. The molecule has 0 fully saturated rings. The van der Waals surface area contributed by atoms with Crippen LogP contribution < -0.4 is 5.32 Å². The van der Waals surface area contributed by atoms with Gasteiger partial charge in [0.2, 0.25) is 0 Å². The van der Waals surface area contributed by atoms with Crippen molar-refractivity contribution in [2.24, 2.45) is 5.92 Å². The molecule has 1 aromatic rings. The molecule has 0 bridgehead atoms. The van der Waals surface area contributed by atoms with Crippen LogP contribution in [0.5, 0.6) is 0 Å². The van der Waals surface area contributed by atoms with E-state index in [4.69, 9.17) is 4.74 Å². The summed E-state index contributed by atoms with van der Waals surface area (Å²) < 4.78 is 5.40. The number of nitrogens with one attached hydrogen (secondary N) is 1. The first-order valence-electron chi connectivity index (χ1n) is 6.98. The topological polar surface area (TPSA) is 47.0 Å². The van der Waals surface area contributed by atoms with E-state index in [0.717, 1.165) is 35.4 Å². The number of nitrogens with zero attached hydrogens (tertiary/aromatic N) is 2. The number of anilines is 1. The van der Waals surface area contributed by atoms with Gasteiger partial charge in [-0.15, -0.1) is 11.8 Å². The molecule has 5 heteroatoms. The van der Waals surface area contributed by atoms with E-state index in [1.54, 1.807) is 11.8 Å². The number of hydrogen-bond acceptors (Lipinski definition) is 5. The molecule has 0 saturated carbocycles. The van der Waals surface area contributed by atoms with Crippen molar-refractivity contribution in [3.05, 3.63) is 11.9 Å². The van der Waals surface area contributed by atoms with Gasteiger partial charge in [-0.25, -0.2) is 9.97 Å². The van der Waals surface area contributed by atoms with E-state index in [9.17, 15) is 0 Å². The maximum atomic E-state index is 5.40. The van der Waals surface area contributed by atoms with Crippen molar-refractivity contribution in [3.8, 4) is 0 Å². The quantitative estimate of drug-likeness (QED) is 0.554. The summed E-state index contributed by atoms with van der Waals surface area (Å²) in [7, 11) is 0. The Morgan fingerprint density at radius 3 is 2.74 bits per heavy atom. The molecule has 0 spiro atoms. The van der Waals surface area contributed by atoms with Crippen LogP contribution in [0.3, 0.4) is 0 Å². The third-order valence-corrected chi connectivity index (χ3v) is 3.64. The number of thioether (sulfide) groups is 1. The SMILES string of the molecule is CCCNc1cc(SCC(C)C)nc(COCC)n1. The van der Waals surface area contributed by atoms with Crippen LogP contribution >= 0.6 is 11.8 Å². The van der Waals surface area contributed by atoms with Gasteiger partial charge >= 0.3 is 0 Å². The van der Waals surface area contributed by atoms with Crippen molar-refractivity contribution in [1.82, 2.24) is 9.97 Å². The Morgan fingerprint density at radius 2 is 2.11 bits per heavy atom. The van der Waals surface area contributed by atoms with Gasteiger partial charge in [-0.1, -0.05) is 20.8 Å². The third kappa shape index (κ3) is 6.78. The summed E-state index contributed by atoms with van der Waals surface area (Å²) in [6, 6.07) is 2.03. The van der Waals surface area contributed by atoms with Gasteiger partial charge in [0, 0.05) is 25.0 Å². The Labute approximate surface area is 120 Å². The van der Waals surface area contributed by atoms with Gasteiger partial charge in [0.05, 0.1) is 0 Å². The maximum absolute atomic E-state index is 5.40. The van der Waals surface area contributed by atoms with E-state index >= 15 is 0 Å². The lowest BCUT2D eigenvalue weighted by Gasteiger charge is -2.10. The van der Waals surface area contributed by atoms with Crippen molar-refractivity contribution in [2.45, 2.75) is 45.7 Å². The molecule has 0 aliphatic rings. The van der Waals surface area contributed by atoms with E-state index in [-0.39, 0.29) is 0 Å². The van der Waals surface area contributed by atoms with Crippen LogP contribution in [0.2, 0.25) is 0 Å². The monoisotopic (exact) mass is 283 g/mol. The molecular weight excluding hydrogens is 258 g/mol. The van der Waals surface area contributed by atoms with Crippen molar-refractivity contribution in [2.75, 3.05) is 24.2 Å². The number of aromatic nitrogens is 2. The fourth-order valence-corrected chi connectivity index (χ4v) is 2.27. The molecule has 0 radical (unpaired) electrons. The Kier molecular flexibility index (Phi) is 7.82. The minimum atomic E-state index is 0.480. The van der Waals surface area contributed by atoms with Gasteiger partial charge in [0.15, 0.2) is 5.82 Å². The highest BCUT2D eigenvalue weighted by atomic mass is 32.2. The molecule has 4 nitrogen and oxygen atoms in total. The second-order valence-corrected chi connectivity index (χ2v) is 5.82. The van der Waals surface area contributed by atoms with Gasteiger partial charge < -0.3 is 10.1 Å². The molecule has 1 aromatic heterocycles. The molecule has 0 saturated heterocycles. The van der Waals surface area contributed by atoms with Crippen LogP contribution in [-0.4, -0.2) is 28.9 Å². The fourth-order valence-electron chi connectivity index (χ4n) is 1.40. The molecule has 1 heterocycles. The second kappa shape index (κ2) is 9.15. The Hall–Kier alpha value is -0.810. The minimum absolute atomic E-state index is 0.480. The predicted octanol–water partition coefficient (Wildman–Crippen LogP) is 3.58. The zero-order valence-electron chi connectivity index (χ0n) is 12.4. The first kappa shape index (κ1) is 16.2. The van der Waals surface area contributed by atoms with E-state index in [1.165, 1.54) is 0 Å². The minimum Gasteiger partial charge on any atom is -0.374 e. The summed E-state index contributed by atoms with van der Waals surface area (Å²) in [6.07, 6.45) is 1.08. The molecule has 19 heavy (non-hydrogen) atoms. The van der Waals surface area contributed by atoms with Crippen LogP contribution in [-0.2, 0) is 11.3 Å². The molecule has 1 rings (SSSR count). The van der Waals surface area contributed by atoms with Gasteiger partial charge in [-0.3, -0.25) is 0 Å². The summed E-state index contributed by atoms with van der Waals surface area (Å²) in [4.78, 5) is 9.01. The Morgan fingerprint density at radius 1 is 1.32 bits per heavy atom. The largest absolute Gasteiger partial charge is 0.374 e. The predicted molar refractivity (Wildman–Crippen MR) is 81.7 cm³/mol. The van der Waals surface area contributed by atoms with Gasteiger partial charge in [-0.05, 0) is 19.3 Å². The highest BCUT2D eigenvalue weighted by Crippen LogP contribution is 2.21. The lowest BCUT2D eigenvalue weighted by molar-refractivity contribution is 0.128. The first-order chi connectivity index (χ1) is 9.15. The van der Waals surface area contributed by atoms with Crippen LogP contribution in [0.4, 0.5) is 5.82 Å². The van der Waals surface area contributed by atoms with E-state index in [2.05, 4.69) is 36.1 Å². The highest BCUT2D eigenvalue weighted by Gasteiger charge is 2.06. The van der Waals surface area contributed by atoms with Crippen LogP contribution in [0.15, 0.2) is 11.1 Å². The zero-order valence-corrected chi connectivity index (χ0v) is 13.2. The van der Waals surface area contributed by atoms with Crippen LogP contribution in [0.25, 0.3) is 0 Å². The van der Waals surface area contributed by atoms with Crippen LogP contribution in [0, 0.1) is 5.92 Å². The zero-order chi connectivity index (χ0) is 14.1. The smallest absolute Gasteiger partial charge is 0.157 e. The summed E-state index contributed by atoms with van der Waals surface area (Å²) in [5.74, 6) is 3.38. The average molecular weight is 283 g/mol. The molecule has 0 amide bonds. The lowest BCUT2D eigenvalue weighted by Crippen LogP contribution is -2.07.